The zero-order chi connectivity index (χ0) is 24.4. The van der Waals surface area contributed by atoms with Crippen LogP contribution in [0.5, 0.6) is 5.75 Å². The first-order chi connectivity index (χ1) is 17.0. The number of ether oxygens (including phenoxy) is 2. The molecule has 2 aliphatic rings. The fraction of sp³-hybridized carbons (Fsp3) is 0.250. The molecule has 0 unspecified atom stereocenters. The van der Waals surface area contributed by atoms with Crippen LogP contribution in [0.15, 0.2) is 78.9 Å². The summed E-state index contributed by atoms with van der Waals surface area (Å²) >= 11 is 0. The number of carbonyl (C=O) groups is 1. The minimum absolute atomic E-state index is 0.0662. The Labute approximate surface area is 203 Å². The summed E-state index contributed by atoms with van der Waals surface area (Å²) < 4.78 is 11.1. The van der Waals surface area contributed by atoms with Crippen molar-refractivity contribution in [1.82, 2.24) is 0 Å². The highest BCUT2D eigenvalue weighted by Gasteiger charge is 2.38. The summed E-state index contributed by atoms with van der Waals surface area (Å²) in [4.78, 5) is 22.6. The van der Waals surface area contributed by atoms with Gasteiger partial charge in [0.2, 0.25) is 0 Å². The van der Waals surface area contributed by atoms with Crippen LogP contribution in [-0.4, -0.2) is 17.5 Å². The van der Waals surface area contributed by atoms with Gasteiger partial charge in [0.25, 0.3) is 5.69 Å². The number of rotatable bonds is 7. The zero-order valence-electron chi connectivity index (χ0n) is 19.3. The molecule has 3 atom stereocenters. The molecule has 1 aliphatic carbocycles. The van der Waals surface area contributed by atoms with E-state index in [-0.39, 0.29) is 23.6 Å². The molecular weight excluding hydrogens is 444 g/mol. The zero-order valence-corrected chi connectivity index (χ0v) is 19.3. The molecule has 1 heterocycles. The van der Waals surface area contributed by atoms with Crippen LogP contribution in [0.25, 0.3) is 0 Å². The number of allylic oxidation sites excluding steroid dienone is 2. The molecule has 0 radical (unpaired) electrons. The number of non-ortho nitro benzene ring substituents is 1. The largest absolute Gasteiger partial charge is 0.489 e. The van der Waals surface area contributed by atoms with E-state index in [0.29, 0.717) is 24.7 Å². The second-order valence-corrected chi connectivity index (χ2v) is 8.78. The topological polar surface area (TPSA) is 90.7 Å². The smallest absolute Gasteiger partial charge is 0.338 e. The van der Waals surface area contributed by atoms with Crippen LogP contribution in [0.1, 0.15) is 52.4 Å². The number of carbonyl (C=O) groups excluding carboxylic acids is 1. The lowest BCUT2D eigenvalue weighted by Crippen LogP contribution is -2.29. The number of benzene rings is 3. The van der Waals surface area contributed by atoms with Crippen molar-refractivity contribution >= 4 is 17.3 Å². The van der Waals surface area contributed by atoms with Gasteiger partial charge in [-0.05, 0) is 78.4 Å². The Morgan fingerprint density at radius 3 is 2.57 bits per heavy atom. The van der Waals surface area contributed by atoms with Crippen LogP contribution in [0.2, 0.25) is 0 Å². The van der Waals surface area contributed by atoms with Crippen molar-refractivity contribution in [2.45, 2.75) is 31.9 Å². The third-order valence-corrected chi connectivity index (χ3v) is 6.67. The number of nitrogens with one attached hydrogen (secondary N) is 1. The maximum absolute atomic E-state index is 12.2. The van der Waals surface area contributed by atoms with Crippen molar-refractivity contribution in [2.75, 3.05) is 11.9 Å². The van der Waals surface area contributed by atoms with Gasteiger partial charge >= 0.3 is 5.97 Å². The van der Waals surface area contributed by atoms with Gasteiger partial charge in [-0.3, -0.25) is 10.1 Å². The third-order valence-electron chi connectivity index (χ3n) is 6.67. The number of nitro benzene ring substituents is 1. The average molecular weight is 471 g/mol. The Hall–Kier alpha value is -4.13. The van der Waals surface area contributed by atoms with Gasteiger partial charge in [-0.25, -0.2) is 4.79 Å². The van der Waals surface area contributed by atoms with Crippen molar-refractivity contribution < 1.29 is 19.2 Å². The molecule has 0 spiro atoms. The lowest BCUT2D eigenvalue weighted by atomic mass is 9.76. The third kappa shape index (κ3) is 4.62. The number of hydrogen-bond donors (Lipinski definition) is 1. The van der Waals surface area contributed by atoms with Gasteiger partial charge in [-0.1, -0.05) is 24.3 Å². The molecule has 5 rings (SSSR count). The summed E-state index contributed by atoms with van der Waals surface area (Å²) in [7, 11) is 0. The Kier molecular flexibility index (Phi) is 6.23. The van der Waals surface area contributed by atoms with Crippen LogP contribution >= 0.6 is 0 Å². The first kappa shape index (κ1) is 22.7. The standard InChI is InChI=1S/C28H26N2O5/c1-2-34-28(31)20-10-15-26-25(16-20)23-4-3-5-24(23)27(29-26)19-8-13-22(14-9-19)35-17-18-6-11-21(12-7-18)30(32)33/h3-4,6-16,23-24,27,29H,2,5,17H2,1H3/t23-,24+,27+/m1/s1. The van der Waals surface area contributed by atoms with Crippen molar-refractivity contribution in [1.29, 1.82) is 0 Å². The normalized spacial score (nSPS) is 19.9. The fourth-order valence-electron chi connectivity index (χ4n) is 4.92. The first-order valence-corrected chi connectivity index (χ1v) is 11.7. The van der Waals surface area contributed by atoms with Crippen molar-refractivity contribution in [3.05, 3.63) is 111 Å². The SMILES string of the molecule is CCOC(=O)c1ccc2c(c1)[C@@H]1C=CC[C@@H]1[C@H](c1ccc(OCc3ccc([N+](=O)[O-])cc3)cc1)N2. The molecule has 35 heavy (non-hydrogen) atoms. The van der Waals surface area contributed by atoms with Crippen LogP contribution in [0.3, 0.4) is 0 Å². The minimum Gasteiger partial charge on any atom is -0.489 e. The van der Waals surface area contributed by atoms with Crippen LogP contribution in [0, 0.1) is 16.0 Å². The average Bonchev–Trinajstić information content (AvgIpc) is 3.38. The number of fused-ring (bicyclic) bond motifs is 3. The Balaban J connectivity index is 1.30. The number of nitrogens with zero attached hydrogens (tertiary/aromatic N) is 1. The monoisotopic (exact) mass is 470 g/mol. The molecule has 1 aliphatic heterocycles. The van der Waals surface area contributed by atoms with Crippen molar-refractivity contribution in [2.24, 2.45) is 5.92 Å². The summed E-state index contributed by atoms with van der Waals surface area (Å²) in [5.41, 5.74) is 4.86. The maximum atomic E-state index is 12.2. The van der Waals surface area contributed by atoms with Crippen LogP contribution < -0.4 is 10.1 Å². The van der Waals surface area contributed by atoms with E-state index >= 15 is 0 Å². The fourth-order valence-corrected chi connectivity index (χ4v) is 4.92. The maximum Gasteiger partial charge on any atom is 0.338 e. The second-order valence-electron chi connectivity index (χ2n) is 8.78. The van der Waals surface area contributed by atoms with Gasteiger partial charge in [0.1, 0.15) is 12.4 Å². The Morgan fingerprint density at radius 2 is 1.86 bits per heavy atom. The molecule has 178 valence electrons. The van der Waals surface area contributed by atoms with Crippen LogP contribution in [-0.2, 0) is 11.3 Å². The summed E-state index contributed by atoms with van der Waals surface area (Å²) in [5.74, 6) is 1.04. The van der Waals surface area contributed by atoms with E-state index in [1.807, 2.05) is 37.3 Å². The van der Waals surface area contributed by atoms with E-state index in [0.717, 1.165) is 29.0 Å². The molecule has 0 fully saturated rings. The first-order valence-electron chi connectivity index (χ1n) is 11.7. The van der Waals surface area contributed by atoms with E-state index in [1.54, 1.807) is 12.1 Å². The van der Waals surface area contributed by atoms with Gasteiger partial charge in [0, 0.05) is 23.7 Å². The number of nitro groups is 1. The molecule has 7 heteroatoms. The summed E-state index contributed by atoms with van der Waals surface area (Å²) in [6, 6.07) is 20.3. The number of esters is 1. The molecule has 3 aromatic rings. The van der Waals surface area contributed by atoms with Gasteiger partial charge in [-0.15, -0.1) is 0 Å². The van der Waals surface area contributed by atoms with E-state index < -0.39 is 4.92 Å². The van der Waals surface area contributed by atoms with Gasteiger partial charge in [-0.2, -0.15) is 0 Å². The van der Waals surface area contributed by atoms with E-state index in [4.69, 9.17) is 9.47 Å². The van der Waals surface area contributed by atoms with Gasteiger partial charge in [0.05, 0.1) is 23.1 Å². The highest BCUT2D eigenvalue weighted by atomic mass is 16.6. The molecule has 3 aromatic carbocycles. The molecule has 0 saturated carbocycles. The molecule has 0 amide bonds. The van der Waals surface area contributed by atoms with Gasteiger partial charge < -0.3 is 14.8 Å². The lowest BCUT2D eigenvalue weighted by molar-refractivity contribution is -0.384. The molecular formula is C28H26N2O5. The highest BCUT2D eigenvalue weighted by Crippen LogP contribution is 2.50. The molecule has 7 nitrogen and oxygen atoms in total. The van der Waals surface area contributed by atoms with E-state index in [1.165, 1.54) is 17.7 Å². The minimum atomic E-state index is -0.412. The van der Waals surface area contributed by atoms with Gasteiger partial charge in [0.15, 0.2) is 0 Å². The summed E-state index contributed by atoms with van der Waals surface area (Å²) in [6.07, 6.45) is 5.43. The molecule has 0 saturated heterocycles. The Bertz CT molecular complexity index is 1270. The molecule has 0 aromatic heterocycles. The van der Waals surface area contributed by atoms with E-state index in [9.17, 15) is 14.9 Å². The second kappa shape index (κ2) is 9.62. The van der Waals surface area contributed by atoms with Crippen molar-refractivity contribution in [3.63, 3.8) is 0 Å². The quantitative estimate of drug-likeness (QED) is 0.192. The Morgan fingerprint density at radius 1 is 1.09 bits per heavy atom. The highest BCUT2D eigenvalue weighted by molar-refractivity contribution is 5.90. The summed E-state index contributed by atoms with van der Waals surface area (Å²) in [5, 5.41) is 14.5. The van der Waals surface area contributed by atoms with Crippen LogP contribution in [0.4, 0.5) is 11.4 Å². The molecule has 0 bridgehead atoms. The molecule has 1 N–H and O–H groups in total. The predicted octanol–water partition coefficient (Wildman–Crippen LogP) is 6.18. The number of hydrogen-bond acceptors (Lipinski definition) is 6. The van der Waals surface area contributed by atoms with Crippen molar-refractivity contribution in [3.8, 4) is 5.75 Å². The van der Waals surface area contributed by atoms with E-state index in [2.05, 4.69) is 29.6 Å². The summed E-state index contributed by atoms with van der Waals surface area (Å²) in [6.45, 7) is 2.50. The lowest BCUT2D eigenvalue weighted by Gasteiger charge is -2.37. The predicted molar refractivity (Wildman–Crippen MR) is 133 cm³/mol. The number of anilines is 1.